The maximum atomic E-state index is 12.6. The van der Waals surface area contributed by atoms with Gasteiger partial charge in [0.1, 0.15) is 6.04 Å². The zero-order valence-electron chi connectivity index (χ0n) is 10.4. The third-order valence-electron chi connectivity index (χ3n) is 2.42. The van der Waals surface area contributed by atoms with E-state index in [0.717, 1.165) is 7.11 Å². The Hall–Kier alpha value is -1.48. The standard InChI is InChI=1S/C11H9F6NO2.ClH/c1-20-9(19)8(18)5-2-6(10(12,13)14)4-7(3-5)11(15,16)17;/h2-4,8H,18H2,1H3;1H. The first-order valence-electron chi connectivity index (χ1n) is 5.09. The second-order valence-corrected chi connectivity index (χ2v) is 3.84. The van der Waals surface area contributed by atoms with Crippen molar-refractivity contribution >= 4 is 18.4 Å². The fourth-order valence-corrected chi connectivity index (χ4v) is 1.42. The van der Waals surface area contributed by atoms with Crippen LogP contribution < -0.4 is 5.73 Å². The van der Waals surface area contributed by atoms with Crippen molar-refractivity contribution in [2.75, 3.05) is 7.11 Å². The summed E-state index contributed by atoms with van der Waals surface area (Å²) in [5.41, 5.74) is 1.56. The molecule has 1 unspecified atom stereocenters. The first-order chi connectivity index (χ1) is 8.96. The molecule has 3 nitrogen and oxygen atoms in total. The molecule has 0 radical (unpaired) electrons. The minimum absolute atomic E-state index is 0. The molecule has 2 N–H and O–H groups in total. The lowest BCUT2D eigenvalue weighted by Gasteiger charge is -2.16. The van der Waals surface area contributed by atoms with Gasteiger partial charge < -0.3 is 10.5 Å². The van der Waals surface area contributed by atoms with Crippen molar-refractivity contribution in [1.29, 1.82) is 0 Å². The highest BCUT2D eigenvalue weighted by Gasteiger charge is 2.37. The monoisotopic (exact) mass is 337 g/mol. The van der Waals surface area contributed by atoms with Crippen LogP contribution in [-0.2, 0) is 21.9 Å². The maximum Gasteiger partial charge on any atom is 0.416 e. The molecule has 0 bridgehead atoms. The summed E-state index contributed by atoms with van der Waals surface area (Å²) in [5.74, 6) is -1.14. The van der Waals surface area contributed by atoms with Crippen molar-refractivity contribution in [2.45, 2.75) is 18.4 Å². The fraction of sp³-hybridized carbons (Fsp3) is 0.364. The predicted octanol–water partition coefficient (Wildman–Crippen LogP) is 3.32. The third kappa shape index (κ3) is 4.78. The number of halogens is 7. The molecule has 120 valence electrons. The van der Waals surface area contributed by atoms with Crippen molar-refractivity contribution in [3.05, 3.63) is 34.9 Å². The maximum absolute atomic E-state index is 12.6. The van der Waals surface area contributed by atoms with Gasteiger partial charge in [0.2, 0.25) is 0 Å². The van der Waals surface area contributed by atoms with Crippen LogP contribution in [0, 0.1) is 0 Å². The van der Waals surface area contributed by atoms with E-state index < -0.39 is 41.1 Å². The van der Waals surface area contributed by atoms with E-state index in [2.05, 4.69) is 4.74 Å². The molecule has 0 heterocycles. The van der Waals surface area contributed by atoms with Crippen molar-refractivity contribution in [3.8, 4) is 0 Å². The molecule has 1 aromatic carbocycles. The van der Waals surface area contributed by atoms with Crippen molar-refractivity contribution in [2.24, 2.45) is 5.73 Å². The van der Waals surface area contributed by atoms with Crippen LogP contribution in [0.15, 0.2) is 18.2 Å². The number of rotatable bonds is 2. The first-order valence-corrected chi connectivity index (χ1v) is 5.09. The average Bonchev–Trinajstić information content (AvgIpc) is 2.34. The van der Waals surface area contributed by atoms with Gasteiger partial charge in [-0.1, -0.05) is 0 Å². The van der Waals surface area contributed by atoms with Crippen molar-refractivity contribution < 1.29 is 35.9 Å². The highest BCUT2D eigenvalue weighted by molar-refractivity contribution is 5.85. The lowest BCUT2D eigenvalue weighted by Crippen LogP contribution is -2.24. The van der Waals surface area contributed by atoms with Crippen LogP contribution in [0.4, 0.5) is 26.3 Å². The Labute approximate surface area is 121 Å². The van der Waals surface area contributed by atoms with E-state index in [1.807, 2.05) is 0 Å². The molecule has 0 aliphatic rings. The number of esters is 1. The topological polar surface area (TPSA) is 52.3 Å². The number of hydrogen-bond donors (Lipinski definition) is 1. The Balaban J connectivity index is 0.00000400. The van der Waals surface area contributed by atoms with E-state index >= 15 is 0 Å². The van der Waals surface area contributed by atoms with Gasteiger partial charge in [0.15, 0.2) is 0 Å². The normalized spacial score (nSPS) is 13.3. The second-order valence-electron chi connectivity index (χ2n) is 3.84. The molecule has 0 aromatic heterocycles. The minimum Gasteiger partial charge on any atom is -0.468 e. The Morgan fingerprint density at radius 2 is 1.43 bits per heavy atom. The number of carbonyl (C=O) groups is 1. The van der Waals surface area contributed by atoms with Gasteiger partial charge in [0, 0.05) is 0 Å². The lowest BCUT2D eigenvalue weighted by atomic mass is 10.00. The highest BCUT2D eigenvalue weighted by atomic mass is 35.5. The predicted molar refractivity (Wildman–Crippen MR) is 62.6 cm³/mol. The van der Waals surface area contributed by atoms with E-state index in [1.54, 1.807) is 0 Å². The van der Waals surface area contributed by atoms with Crippen LogP contribution in [0.1, 0.15) is 22.7 Å². The van der Waals surface area contributed by atoms with Crippen LogP contribution in [0.5, 0.6) is 0 Å². The summed E-state index contributed by atoms with van der Waals surface area (Å²) in [6.45, 7) is 0. The van der Waals surface area contributed by atoms with E-state index in [9.17, 15) is 31.1 Å². The van der Waals surface area contributed by atoms with Crippen LogP contribution in [0.25, 0.3) is 0 Å². The van der Waals surface area contributed by atoms with Crippen LogP contribution >= 0.6 is 12.4 Å². The molecule has 0 amide bonds. The molecule has 0 aliphatic carbocycles. The lowest BCUT2D eigenvalue weighted by molar-refractivity contribution is -0.145. The van der Waals surface area contributed by atoms with E-state index in [4.69, 9.17) is 5.73 Å². The molecule has 1 rings (SSSR count). The van der Waals surface area contributed by atoms with E-state index in [1.165, 1.54) is 0 Å². The van der Waals surface area contributed by atoms with Gasteiger partial charge in [-0.2, -0.15) is 26.3 Å². The molecule has 0 fully saturated rings. The van der Waals surface area contributed by atoms with E-state index in [0.29, 0.717) is 12.1 Å². The molecule has 0 saturated carbocycles. The number of hydrogen-bond acceptors (Lipinski definition) is 3. The summed E-state index contributed by atoms with van der Waals surface area (Å²) in [5, 5.41) is 0. The number of alkyl halides is 6. The molecule has 1 atom stereocenters. The van der Waals surface area contributed by atoms with Gasteiger partial charge in [0.05, 0.1) is 18.2 Å². The minimum atomic E-state index is -4.99. The zero-order chi connectivity index (χ0) is 15.7. The highest BCUT2D eigenvalue weighted by Crippen LogP contribution is 2.37. The van der Waals surface area contributed by atoms with Gasteiger partial charge in [-0.05, 0) is 23.8 Å². The average molecular weight is 338 g/mol. The number of methoxy groups -OCH3 is 1. The smallest absolute Gasteiger partial charge is 0.416 e. The number of ether oxygens (including phenoxy) is 1. The Morgan fingerprint density at radius 3 is 1.71 bits per heavy atom. The Bertz CT molecular complexity index is 482. The second kappa shape index (κ2) is 6.52. The largest absolute Gasteiger partial charge is 0.468 e. The fourth-order valence-electron chi connectivity index (χ4n) is 1.42. The van der Waals surface area contributed by atoms with Crippen molar-refractivity contribution in [3.63, 3.8) is 0 Å². The number of nitrogens with two attached hydrogens (primary N) is 1. The summed E-state index contributed by atoms with van der Waals surface area (Å²) < 4.78 is 79.5. The van der Waals surface area contributed by atoms with Crippen LogP contribution in [-0.4, -0.2) is 13.1 Å². The van der Waals surface area contributed by atoms with Crippen LogP contribution in [0.3, 0.4) is 0 Å². The SMILES string of the molecule is COC(=O)C(N)c1cc(C(F)(F)F)cc(C(F)(F)F)c1.Cl. The Kier molecular flexibility index (Phi) is 6.06. The van der Waals surface area contributed by atoms with Gasteiger partial charge in [-0.15, -0.1) is 12.4 Å². The molecule has 0 aliphatic heterocycles. The van der Waals surface area contributed by atoms with Crippen LogP contribution in [0.2, 0.25) is 0 Å². The van der Waals surface area contributed by atoms with Crippen molar-refractivity contribution in [1.82, 2.24) is 0 Å². The molecule has 21 heavy (non-hydrogen) atoms. The molecule has 0 saturated heterocycles. The summed E-state index contributed by atoms with van der Waals surface area (Å²) in [7, 11) is 0.917. The molecular weight excluding hydrogens is 328 g/mol. The molecule has 0 spiro atoms. The van der Waals surface area contributed by atoms with Gasteiger partial charge in [-0.3, -0.25) is 4.79 Å². The summed E-state index contributed by atoms with van der Waals surface area (Å²) in [6.07, 6.45) is -9.99. The molecule has 10 heteroatoms. The van der Waals surface area contributed by atoms with E-state index in [-0.39, 0.29) is 18.5 Å². The number of carbonyl (C=O) groups excluding carboxylic acids is 1. The summed E-state index contributed by atoms with van der Waals surface area (Å²) >= 11 is 0. The third-order valence-corrected chi connectivity index (χ3v) is 2.42. The van der Waals surface area contributed by atoms with Gasteiger partial charge in [0.25, 0.3) is 0 Å². The van der Waals surface area contributed by atoms with Gasteiger partial charge in [-0.25, -0.2) is 0 Å². The first kappa shape index (κ1) is 19.5. The molecular formula is C11H10ClF6NO2. The molecule has 1 aromatic rings. The quantitative estimate of drug-likeness (QED) is 0.665. The summed E-state index contributed by atoms with van der Waals surface area (Å²) in [4.78, 5) is 11.1. The van der Waals surface area contributed by atoms with Gasteiger partial charge >= 0.3 is 18.3 Å². The summed E-state index contributed by atoms with van der Waals surface area (Å²) in [6, 6.07) is -1.01. The number of benzene rings is 1. The Morgan fingerprint density at radius 1 is 1.05 bits per heavy atom. The zero-order valence-corrected chi connectivity index (χ0v) is 11.2.